The van der Waals surface area contributed by atoms with Crippen LogP contribution in [0.5, 0.6) is 0 Å². The topological polar surface area (TPSA) is 62.7 Å². The maximum Gasteiger partial charge on any atom is 0.249 e. The average Bonchev–Trinajstić information content (AvgIpc) is 2.58. The first-order valence-corrected chi connectivity index (χ1v) is 7.01. The number of anilines is 3. The average molecular weight is 331 g/mol. The number of aromatic nitrogens is 3. The summed E-state index contributed by atoms with van der Waals surface area (Å²) >= 11 is 0. The van der Waals surface area contributed by atoms with E-state index in [0.29, 0.717) is 11.4 Å². The Morgan fingerprint density at radius 2 is 1.75 bits per heavy atom. The molecule has 0 saturated heterocycles. The van der Waals surface area contributed by atoms with E-state index >= 15 is 0 Å². The minimum absolute atomic E-state index is 0.0968. The molecule has 0 amide bonds. The van der Waals surface area contributed by atoms with Crippen molar-refractivity contribution >= 4 is 17.5 Å². The fourth-order valence-corrected chi connectivity index (χ4v) is 1.97. The maximum atomic E-state index is 13.6. The van der Waals surface area contributed by atoms with Crippen LogP contribution in [0, 0.1) is 17.5 Å². The van der Waals surface area contributed by atoms with E-state index in [-0.39, 0.29) is 24.0 Å². The summed E-state index contributed by atoms with van der Waals surface area (Å²) in [6, 6.07) is 9.68. The molecule has 1 heterocycles. The number of nitrogens with zero attached hydrogens (tertiary/aromatic N) is 3. The third-order valence-electron chi connectivity index (χ3n) is 3.15. The van der Waals surface area contributed by atoms with Crippen molar-refractivity contribution in [1.29, 1.82) is 0 Å². The highest BCUT2D eigenvalue weighted by Gasteiger charge is 2.06. The first-order chi connectivity index (χ1) is 11.6. The van der Waals surface area contributed by atoms with Crippen LogP contribution in [0.4, 0.5) is 30.6 Å². The van der Waals surface area contributed by atoms with Crippen molar-refractivity contribution in [1.82, 2.24) is 15.2 Å². The minimum Gasteiger partial charge on any atom is -0.364 e. The van der Waals surface area contributed by atoms with Crippen molar-refractivity contribution in [2.45, 2.75) is 6.54 Å². The molecule has 8 heteroatoms. The standard InChI is InChI=1S/C16H12F3N5/c17-12-4-2-1-3-10(12)8-20-15-9-21-24-16(23-15)22-11-5-6-13(18)14(19)7-11/h1-7,9H,8H2,(H2,20,22,23,24). The van der Waals surface area contributed by atoms with Gasteiger partial charge in [0, 0.05) is 23.9 Å². The molecule has 3 rings (SSSR count). The van der Waals surface area contributed by atoms with Crippen molar-refractivity contribution < 1.29 is 13.2 Å². The Kier molecular flexibility index (Phi) is 4.55. The van der Waals surface area contributed by atoms with Crippen LogP contribution in [0.25, 0.3) is 0 Å². The fraction of sp³-hybridized carbons (Fsp3) is 0.0625. The number of rotatable bonds is 5. The van der Waals surface area contributed by atoms with Gasteiger partial charge in [-0.1, -0.05) is 18.2 Å². The zero-order valence-electron chi connectivity index (χ0n) is 12.3. The predicted molar refractivity (Wildman–Crippen MR) is 83.2 cm³/mol. The van der Waals surface area contributed by atoms with Gasteiger partial charge in [0.2, 0.25) is 5.95 Å². The van der Waals surface area contributed by atoms with Gasteiger partial charge in [0.05, 0.1) is 6.20 Å². The maximum absolute atomic E-state index is 13.6. The first kappa shape index (κ1) is 15.7. The van der Waals surface area contributed by atoms with Crippen molar-refractivity contribution in [3.05, 3.63) is 71.7 Å². The zero-order chi connectivity index (χ0) is 16.9. The number of nitrogens with one attached hydrogen (secondary N) is 2. The van der Waals surface area contributed by atoms with Gasteiger partial charge in [0.1, 0.15) is 5.82 Å². The molecule has 0 aliphatic heterocycles. The molecule has 122 valence electrons. The summed E-state index contributed by atoms with van der Waals surface area (Å²) in [5, 5.41) is 13.2. The number of halogens is 3. The predicted octanol–water partition coefficient (Wildman–Crippen LogP) is 3.64. The van der Waals surface area contributed by atoms with Crippen molar-refractivity contribution in [2.24, 2.45) is 0 Å². The van der Waals surface area contributed by atoms with Crippen LogP contribution >= 0.6 is 0 Å². The Morgan fingerprint density at radius 1 is 0.917 bits per heavy atom. The van der Waals surface area contributed by atoms with E-state index in [2.05, 4.69) is 25.8 Å². The highest BCUT2D eigenvalue weighted by molar-refractivity contribution is 5.54. The second-order valence-corrected chi connectivity index (χ2v) is 4.86. The molecule has 2 aromatic carbocycles. The Bertz CT molecular complexity index is 857. The molecular weight excluding hydrogens is 319 g/mol. The lowest BCUT2D eigenvalue weighted by atomic mass is 10.2. The van der Waals surface area contributed by atoms with E-state index in [1.54, 1.807) is 18.2 Å². The third kappa shape index (κ3) is 3.78. The van der Waals surface area contributed by atoms with Crippen molar-refractivity contribution in [3.63, 3.8) is 0 Å². The molecule has 0 fully saturated rings. The van der Waals surface area contributed by atoms with Gasteiger partial charge in [-0.25, -0.2) is 13.2 Å². The van der Waals surface area contributed by atoms with Crippen LogP contribution < -0.4 is 10.6 Å². The Balaban J connectivity index is 1.69. The molecule has 0 saturated carbocycles. The Morgan fingerprint density at radius 3 is 2.54 bits per heavy atom. The SMILES string of the molecule is Fc1ccc(Nc2nncc(NCc3ccccc3F)n2)cc1F. The first-order valence-electron chi connectivity index (χ1n) is 7.01. The number of hydrogen-bond donors (Lipinski definition) is 2. The normalized spacial score (nSPS) is 10.5. The summed E-state index contributed by atoms with van der Waals surface area (Å²) in [5.74, 6) is -1.80. The van der Waals surface area contributed by atoms with Gasteiger partial charge in [-0.2, -0.15) is 10.1 Å². The molecule has 0 bridgehead atoms. The van der Waals surface area contributed by atoms with Crippen molar-refractivity contribution in [3.8, 4) is 0 Å². The van der Waals surface area contributed by atoms with Crippen LogP contribution in [0.1, 0.15) is 5.56 Å². The second kappa shape index (κ2) is 6.95. The number of benzene rings is 2. The quantitative estimate of drug-likeness (QED) is 0.747. The Labute approximate surface area is 135 Å². The molecule has 0 unspecified atom stereocenters. The van der Waals surface area contributed by atoms with Gasteiger partial charge in [-0.05, 0) is 18.2 Å². The van der Waals surface area contributed by atoms with Crippen LogP contribution in [0.3, 0.4) is 0 Å². The van der Waals surface area contributed by atoms with Crippen molar-refractivity contribution in [2.75, 3.05) is 10.6 Å². The lowest BCUT2D eigenvalue weighted by Gasteiger charge is -2.08. The molecule has 5 nitrogen and oxygen atoms in total. The molecule has 0 spiro atoms. The van der Waals surface area contributed by atoms with E-state index < -0.39 is 11.6 Å². The minimum atomic E-state index is -0.984. The summed E-state index contributed by atoms with van der Waals surface area (Å²) in [6.07, 6.45) is 1.37. The number of hydrogen-bond acceptors (Lipinski definition) is 5. The van der Waals surface area contributed by atoms with Gasteiger partial charge < -0.3 is 10.6 Å². The summed E-state index contributed by atoms with van der Waals surface area (Å²) in [5.41, 5.74) is 0.758. The fourth-order valence-electron chi connectivity index (χ4n) is 1.97. The monoisotopic (exact) mass is 331 g/mol. The molecule has 0 aliphatic carbocycles. The molecule has 2 N–H and O–H groups in total. The van der Waals surface area contributed by atoms with Gasteiger partial charge in [0.15, 0.2) is 17.5 Å². The highest BCUT2D eigenvalue weighted by atomic mass is 19.2. The molecule has 1 aromatic heterocycles. The molecule has 0 aliphatic rings. The zero-order valence-corrected chi connectivity index (χ0v) is 12.3. The van der Waals surface area contributed by atoms with Crippen LogP contribution in [0.2, 0.25) is 0 Å². The summed E-state index contributed by atoms with van der Waals surface area (Å²) < 4.78 is 39.7. The van der Waals surface area contributed by atoms with E-state index in [0.717, 1.165) is 12.1 Å². The largest absolute Gasteiger partial charge is 0.364 e. The summed E-state index contributed by atoms with van der Waals surface area (Å²) in [6.45, 7) is 0.218. The molecule has 0 radical (unpaired) electrons. The molecule has 24 heavy (non-hydrogen) atoms. The van der Waals surface area contributed by atoms with Crippen LogP contribution in [0.15, 0.2) is 48.7 Å². The highest BCUT2D eigenvalue weighted by Crippen LogP contribution is 2.17. The lowest BCUT2D eigenvalue weighted by molar-refractivity contribution is 0.509. The van der Waals surface area contributed by atoms with E-state index in [4.69, 9.17) is 0 Å². The van der Waals surface area contributed by atoms with Gasteiger partial charge in [-0.15, -0.1) is 5.10 Å². The van der Waals surface area contributed by atoms with Crippen LogP contribution in [-0.2, 0) is 6.54 Å². The lowest BCUT2D eigenvalue weighted by Crippen LogP contribution is -2.06. The van der Waals surface area contributed by atoms with E-state index in [1.165, 1.54) is 18.3 Å². The van der Waals surface area contributed by atoms with Crippen LogP contribution in [-0.4, -0.2) is 15.2 Å². The smallest absolute Gasteiger partial charge is 0.249 e. The van der Waals surface area contributed by atoms with E-state index in [9.17, 15) is 13.2 Å². The Hall–Kier alpha value is -3.16. The molecule has 0 atom stereocenters. The molecular formula is C16H12F3N5. The van der Waals surface area contributed by atoms with Gasteiger partial charge >= 0.3 is 0 Å². The van der Waals surface area contributed by atoms with Gasteiger partial charge in [-0.3, -0.25) is 0 Å². The summed E-state index contributed by atoms with van der Waals surface area (Å²) in [7, 11) is 0. The molecule has 3 aromatic rings. The third-order valence-corrected chi connectivity index (χ3v) is 3.15. The second-order valence-electron chi connectivity index (χ2n) is 4.86. The summed E-state index contributed by atoms with van der Waals surface area (Å²) in [4.78, 5) is 4.13. The van der Waals surface area contributed by atoms with Gasteiger partial charge in [0.25, 0.3) is 0 Å². The van der Waals surface area contributed by atoms with E-state index in [1.807, 2.05) is 0 Å².